The summed E-state index contributed by atoms with van der Waals surface area (Å²) in [5.41, 5.74) is 0. The third-order valence-corrected chi connectivity index (χ3v) is 1.53. The van der Waals surface area contributed by atoms with Gasteiger partial charge in [-0.3, -0.25) is 4.55 Å². The topological polar surface area (TPSA) is 71.4 Å². The van der Waals surface area contributed by atoms with E-state index in [1.165, 1.54) is 0 Å². The van der Waals surface area contributed by atoms with E-state index in [1.807, 2.05) is 0 Å². The summed E-state index contributed by atoms with van der Waals surface area (Å²) in [5, 5.41) is 0. The summed E-state index contributed by atoms with van der Waals surface area (Å²) in [6, 6.07) is 0. The van der Waals surface area contributed by atoms with Crippen molar-refractivity contribution in [2.24, 2.45) is 0 Å². The van der Waals surface area contributed by atoms with E-state index in [-0.39, 0.29) is 48.2 Å². The van der Waals surface area contributed by atoms with E-state index in [4.69, 9.17) is 4.55 Å². The Morgan fingerprint density at radius 3 is 2.20 bits per heavy atom. The van der Waals surface area contributed by atoms with Gasteiger partial charge in [0.05, 0.1) is 5.75 Å². The first kappa shape index (κ1) is 13.2. The number of unbranched alkanes of at least 4 members (excludes halogenated alkanes) is 1. The molecule has 0 fully saturated rings. The molecule has 1 N–H and O–H groups in total. The van der Waals surface area contributed by atoms with Gasteiger partial charge in [0.15, 0.2) is 0 Å². The van der Waals surface area contributed by atoms with Gasteiger partial charge in [-0.15, -0.1) is 0 Å². The number of rotatable bonds is 4. The monoisotopic (exact) mass is 176 g/mol. The second kappa shape index (κ2) is 6.30. The molecule has 0 saturated carbocycles. The summed E-state index contributed by atoms with van der Waals surface area (Å²) in [6.45, 7) is 0. The average molecular weight is 176 g/mol. The van der Waals surface area contributed by atoms with Crippen LogP contribution in [-0.2, 0) is 14.9 Å². The molecule has 0 aliphatic carbocycles. The van der Waals surface area contributed by atoms with Crippen molar-refractivity contribution in [2.45, 2.75) is 12.8 Å². The van der Waals surface area contributed by atoms with E-state index < -0.39 is 10.1 Å². The van der Waals surface area contributed by atoms with Crippen LogP contribution in [0.2, 0.25) is 0 Å². The second-order valence-corrected chi connectivity index (χ2v) is 3.17. The molecule has 0 bridgehead atoms. The Hall–Kier alpha value is 0.580. The van der Waals surface area contributed by atoms with Crippen molar-refractivity contribution < 1.29 is 17.8 Å². The summed E-state index contributed by atoms with van der Waals surface area (Å²) >= 11 is 0. The molecule has 0 saturated heterocycles. The van der Waals surface area contributed by atoms with E-state index in [1.54, 1.807) is 0 Å². The predicted octanol–water partition coefficient (Wildman–Crippen LogP) is -0.795. The minimum atomic E-state index is -3.86. The van der Waals surface area contributed by atoms with Crippen molar-refractivity contribution in [1.29, 1.82) is 0 Å². The van der Waals surface area contributed by atoms with Crippen LogP contribution in [0.3, 0.4) is 0 Å². The molecule has 0 unspecified atom stereocenters. The van der Waals surface area contributed by atoms with E-state index in [2.05, 4.69) is 0 Å². The Bertz CT molecular complexity index is 174. The molecule has 56 valence electrons. The maximum atomic E-state index is 9.95. The molecule has 0 aromatic heterocycles. The summed E-state index contributed by atoms with van der Waals surface area (Å²) < 4.78 is 28.0. The van der Waals surface area contributed by atoms with Crippen LogP contribution in [0.15, 0.2) is 0 Å². The fourth-order valence-electron chi connectivity index (χ4n) is 0.349. The molecule has 4 nitrogen and oxygen atoms in total. The van der Waals surface area contributed by atoms with Crippen molar-refractivity contribution in [3.05, 3.63) is 0 Å². The number of hydrogen-bond acceptors (Lipinski definition) is 3. The van der Waals surface area contributed by atoms with Gasteiger partial charge in [-0.05, 0) is 6.42 Å². The van der Waals surface area contributed by atoms with Crippen LogP contribution in [-0.4, -0.2) is 54.6 Å². The number of aldehydes is 1. The summed E-state index contributed by atoms with van der Waals surface area (Å²) in [5.74, 6) is -0.328. The number of carbonyl (C=O) groups excluding carboxylic acids is 1. The van der Waals surface area contributed by atoms with Gasteiger partial charge in [-0.1, -0.05) is 0 Å². The van der Waals surface area contributed by atoms with Crippen molar-refractivity contribution in [3.63, 3.8) is 0 Å². The van der Waals surface area contributed by atoms with E-state index >= 15 is 0 Å². The van der Waals surface area contributed by atoms with Crippen LogP contribution < -0.4 is 0 Å². The van der Waals surface area contributed by atoms with E-state index in [0.717, 1.165) is 0 Å². The molecule has 0 radical (unpaired) electrons. The van der Waals surface area contributed by atoms with Crippen LogP contribution in [0, 0.1) is 0 Å². The fraction of sp³-hybridized carbons (Fsp3) is 0.750. The number of carbonyl (C=O) groups is 1. The summed E-state index contributed by atoms with van der Waals surface area (Å²) in [6.07, 6.45) is 0.993. The van der Waals surface area contributed by atoms with Crippen LogP contribution in [0.25, 0.3) is 0 Å². The molecule has 10 heavy (non-hydrogen) atoms. The van der Waals surface area contributed by atoms with Crippen LogP contribution in [0.4, 0.5) is 0 Å². The fourth-order valence-corrected chi connectivity index (χ4v) is 0.881. The molecule has 0 aromatic carbocycles. The second-order valence-electron chi connectivity index (χ2n) is 1.59. The molecular formula is C4H9NaO4S. The molecule has 0 rings (SSSR count). The zero-order valence-electron chi connectivity index (χ0n) is 4.78. The van der Waals surface area contributed by atoms with Gasteiger partial charge in [-0.2, -0.15) is 8.42 Å². The SMILES string of the molecule is O=CCCCS(=O)(=O)O.[NaH]. The number of hydrogen-bond donors (Lipinski definition) is 1. The first-order chi connectivity index (χ1) is 4.06. The Morgan fingerprint density at radius 2 is 1.90 bits per heavy atom. The Morgan fingerprint density at radius 1 is 1.40 bits per heavy atom. The van der Waals surface area contributed by atoms with Crippen LogP contribution >= 0.6 is 0 Å². The quantitative estimate of drug-likeness (QED) is 0.263. The van der Waals surface area contributed by atoms with Gasteiger partial charge in [0, 0.05) is 6.42 Å². The molecular weight excluding hydrogens is 167 g/mol. The minimum absolute atomic E-state index is 0. The molecule has 6 heteroatoms. The van der Waals surface area contributed by atoms with Gasteiger partial charge in [-0.25, -0.2) is 0 Å². The average Bonchev–Trinajstić information content (AvgIpc) is 1.63. The van der Waals surface area contributed by atoms with Gasteiger partial charge >= 0.3 is 29.6 Å². The Kier molecular flexibility index (Phi) is 8.31. The predicted molar refractivity (Wildman–Crippen MR) is 38.9 cm³/mol. The van der Waals surface area contributed by atoms with E-state index in [0.29, 0.717) is 6.29 Å². The van der Waals surface area contributed by atoms with E-state index in [9.17, 15) is 13.2 Å². The van der Waals surface area contributed by atoms with Crippen molar-refractivity contribution in [1.82, 2.24) is 0 Å². The molecule has 0 heterocycles. The molecule has 0 spiro atoms. The van der Waals surface area contributed by atoms with Gasteiger partial charge < -0.3 is 4.79 Å². The first-order valence-corrected chi connectivity index (χ1v) is 4.06. The van der Waals surface area contributed by atoms with Crippen LogP contribution in [0.1, 0.15) is 12.8 Å². The molecule has 0 aliphatic rings. The summed E-state index contributed by atoms with van der Waals surface area (Å²) in [7, 11) is -3.86. The first-order valence-electron chi connectivity index (χ1n) is 2.45. The van der Waals surface area contributed by atoms with Gasteiger partial charge in [0.1, 0.15) is 6.29 Å². The summed E-state index contributed by atoms with van der Waals surface area (Å²) in [4.78, 5) is 9.61. The van der Waals surface area contributed by atoms with Gasteiger partial charge in [0.2, 0.25) is 0 Å². The molecule has 0 amide bonds. The zero-order chi connectivity index (χ0) is 7.33. The molecule has 0 aliphatic heterocycles. The standard InChI is InChI=1S/C4H8O4S.Na.H/c5-3-1-2-4-9(6,7)8;;/h3H,1-2,4H2,(H,6,7,8);;. The third-order valence-electron chi connectivity index (χ3n) is 0.724. The van der Waals surface area contributed by atoms with Crippen molar-refractivity contribution in [2.75, 3.05) is 5.75 Å². The van der Waals surface area contributed by atoms with Crippen molar-refractivity contribution >= 4 is 46.0 Å². The molecule has 0 atom stereocenters. The van der Waals surface area contributed by atoms with Crippen LogP contribution in [0.5, 0.6) is 0 Å². The van der Waals surface area contributed by atoms with Gasteiger partial charge in [0.25, 0.3) is 10.1 Å². The zero-order valence-corrected chi connectivity index (χ0v) is 5.60. The normalized spacial score (nSPS) is 10.1. The Labute approximate surface area is 82.0 Å². The Balaban J connectivity index is 0. The maximum absolute atomic E-state index is 9.95. The van der Waals surface area contributed by atoms with Crippen molar-refractivity contribution in [3.8, 4) is 0 Å². The third kappa shape index (κ3) is 11.4. The molecule has 0 aromatic rings.